The lowest BCUT2D eigenvalue weighted by Gasteiger charge is -2.45. The van der Waals surface area contributed by atoms with Crippen LogP contribution >= 0.6 is 0 Å². The second-order valence-electron chi connectivity index (χ2n) is 5.13. The number of carbonyl (C=O) groups excluding carboxylic acids is 2. The summed E-state index contributed by atoms with van der Waals surface area (Å²) in [6, 6.07) is 8.62. The SMILES string of the molecule is COC12NC(=O)NC(=O)C1(c1ccccc1)CC(C)O2. The van der Waals surface area contributed by atoms with Gasteiger partial charge in [0.2, 0.25) is 5.91 Å². The van der Waals surface area contributed by atoms with Crippen molar-refractivity contribution >= 4 is 11.9 Å². The van der Waals surface area contributed by atoms with Gasteiger partial charge in [-0.05, 0) is 18.9 Å². The first-order chi connectivity index (χ1) is 9.54. The van der Waals surface area contributed by atoms with Crippen molar-refractivity contribution in [3.05, 3.63) is 35.9 Å². The van der Waals surface area contributed by atoms with Crippen molar-refractivity contribution in [2.24, 2.45) is 0 Å². The van der Waals surface area contributed by atoms with Crippen LogP contribution in [0.3, 0.4) is 0 Å². The minimum atomic E-state index is -1.47. The molecule has 6 nitrogen and oxygen atoms in total. The van der Waals surface area contributed by atoms with Crippen LogP contribution in [0.15, 0.2) is 30.3 Å². The average molecular weight is 276 g/mol. The molecule has 2 aliphatic rings. The van der Waals surface area contributed by atoms with Gasteiger partial charge in [0, 0.05) is 7.11 Å². The minimum Gasteiger partial charge on any atom is -0.335 e. The molecular formula is C14H16N2O4. The number of hydrogen-bond donors (Lipinski definition) is 2. The molecule has 0 saturated carbocycles. The van der Waals surface area contributed by atoms with Crippen molar-refractivity contribution in [1.82, 2.24) is 10.6 Å². The molecule has 0 aliphatic carbocycles. The predicted molar refractivity (Wildman–Crippen MR) is 69.7 cm³/mol. The maximum atomic E-state index is 12.6. The van der Waals surface area contributed by atoms with Crippen LogP contribution in [0.4, 0.5) is 4.79 Å². The van der Waals surface area contributed by atoms with Crippen molar-refractivity contribution < 1.29 is 19.1 Å². The van der Waals surface area contributed by atoms with Crippen molar-refractivity contribution in [2.45, 2.75) is 30.8 Å². The van der Waals surface area contributed by atoms with Crippen LogP contribution in [0.5, 0.6) is 0 Å². The summed E-state index contributed by atoms with van der Waals surface area (Å²) >= 11 is 0. The molecule has 2 fully saturated rings. The van der Waals surface area contributed by atoms with Gasteiger partial charge in [0.15, 0.2) is 5.41 Å². The van der Waals surface area contributed by atoms with E-state index in [0.717, 1.165) is 5.56 Å². The number of fused-ring (bicyclic) bond motifs is 1. The second-order valence-corrected chi connectivity index (χ2v) is 5.13. The van der Waals surface area contributed by atoms with Gasteiger partial charge in [-0.25, -0.2) is 4.79 Å². The van der Waals surface area contributed by atoms with Crippen molar-refractivity contribution in [1.29, 1.82) is 0 Å². The highest BCUT2D eigenvalue weighted by Gasteiger charge is 2.68. The van der Waals surface area contributed by atoms with E-state index < -0.39 is 23.3 Å². The smallest absolute Gasteiger partial charge is 0.325 e. The molecule has 3 rings (SSSR count). The largest absolute Gasteiger partial charge is 0.335 e. The lowest BCUT2D eigenvalue weighted by Crippen LogP contribution is -2.73. The summed E-state index contributed by atoms with van der Waals surface area (Å²) in [5.74, 6) is -1.87. The molecular weight excluding hydrogens is 260 g/mol. The molecule has 3 amide bonds. The van der Waals surface area contributed by atoms with Crippen LogP contribution in [0.2, 0.25) is 0 Å². The molecule has 0 radical (unpaired) electrons. The number of urea groups is 1. The fourth-order valence-electron chi connectivity index (χ4n) is 3.19. The number of benzene rings is 1. The summed E-state index contributed by atoms with van der Waals surface area (Å²) in [4.78, 5) is 24.2. The fourth-order valence-corrected chi connectivity index (χ4v) is 3.19. The number of hydrogen-bond acceptors (Lipinski definition) is 4. The molecule has 0 aromatic heterocycles. The summed E-state index contributed by atoms with van der Waals surface area (Å²) in [5.41, 5.74) is -0.334. The van der Waals surface area contributed by atoms with Crippen molar-refractivity contribution in [2.75, 3.05) is 7.11 Å². The summed E-state index contributed by atoms with van der Waals surface area (Å²) < 4.78 is 11.2. The molecule has 1 aromatic carbocycles. The van der Waals surface area contributed by atoms with Crippen LogP contribution in [-0.4, -0.2) is 31.1 Å². The van der Waals surface area contributed by atoms with Gasteiger partial charge >= 0.3 is 6.03 Å². The van der Waals surface area contributed by atoms with Crippen LogP contribution in [0.25, 0.3) is 0 Å². The van der Waals surface area contributed by atoms with E-state index in [1.165, 1.54) is 7.11 Å². The highest BCUT2D eigenvalue weighted by molar-refractivity contribution is 6.04. The lowest BCUT2D eigenvalue weighted by molar-refractivity contribution is -0.249. The third-order valence-electron chi connectivity index (χ3n) is 3.97. The predicted octanol–water partition coefficient (Wildman–Crippen LogP) is 0.873. The van der Waals surface area contributed by atoms with E-state index in [9.17, 15) is 9.59 Å². The molecule has 20 heavy (non-hydrogen) atoms. The summed E-state index contributed by atoms with van der Waals surface area (Å²) in [5, 5.41) is 4.95. The van der Waals surface area contributed by atoms with E-state index in [1.54, 1.807) is 0 Å². The molecule has 106 valence electrons. The molecule has 2 N–H and O–H groups in total. The van der Waals surface area contributed by atoms with Gasteiger partial charge in [-0.2, -0.15) is 0 Å². The third kappa shape index (κ3) is 1.52. The van der Waals surface area contributed by atoms with Crippen LogP contribution in [-0.2, 0) is 19.7 Å². The van der Waals surface area contributed by atoms with Crippen LogP contribution in [0, 0.1) is 0 Å². The first-order valence-corrected chi connectivity index (χ1v) is 6.46. The molecule has 6 heteroatoms. The highest BCUT2D eigenvalue weighted by Crippen LogP contribution is 2.49. The number of carbonyl (C=O) groups is 2. The topological polar surface area (TPSA) is 76.7 Å². The number of ether oxygens (including phenoxy) is 2. The van der Waals surface area contributed by atoms with E-state index in [2.05, 4.69) is 10.6 Å². The van der Waals surface area contributed by atoms with Crippen molar-refractivity contribution in [3.63, 3.8) is 0 Å². The maximum absolute atomic E-state index is 12.6. The zero-order chi connectivity index (χ0) is 14.4. The van der Waals surface area contributed by atoms with E-state index in [4.69, 9.17) is 9.47 Å². The summed E-state index contributed by atoms with van der Waals surface area (Å²) in [7, 11) is 1.43. The van der Waals surface area contributed by atoms with E-state index in [-0.39, 0.29) is 6.10 Å². The molecule has 1 aromatic rings. The molecule has 2 heterocycles. The Morgan fingerprint density at radius 1 is 1.30 bits per heavy atom. The maximum Gasteiger partial charge on any atom is 0.325 e. The standard InChI is InChI=1S/C14H16N2O4/c1-9-8-13(10-6-4-3-5-7-10)11(17)15-12(18)16-14(13,19-2)20-9/h3-7,9H,8H2,1-2H3,(H2,15,16,17,18). The molecule has 2 saturated heterocycles. The zero-order valence-corrected chi connectivity index (χ0v) is 11.3. The van der Waals surface area contributed by atoms with E-state index in [0.29, 0.717) is 6.42 Å². The number of methoxy groups -OCH3 is 1. The average Bonchev–Trinajstić information content (AvgIpc) is 2.74. The lowest BCUT2D eigenvalue weighted by atomic mass is 9.73. The van der Waals surface area contributed by atoms with Gasteiger partial charge in [0.1, 0.15) is 0 Å². The molecule has 0 bridgehead atoms. The van der Waals surface area contributed by atoms with E-state index in [1.807, 2.05) is 37.3 Å². The van der Waals surface area contributed by atoms with Gasteiger partial charge in [0.05, 0.1) is 6.10 Å². The first kappa shape index (κ1) is 13.1. The molecule has 3 unspecified atom stereocenters. The zero-order valence-electron chi connectivity index (χ0n) is 11.3. The summed E-state index contributed by atoms with van der Waals surface area (Å²) in [6.45, 7) is 1.85. The van der Waals surface area contributed by atoms with Gasteiger partial charge in [-0.15, -0.1) is 0 Å². The summed E-state index contributed by atoms with van der Waals surface area (Å²) in [6.07, 6.45) is 0.205. The molecule has 0 spiro atoms. The van der Waals surface area contributed by atoms with Gasteiger partial charge < -0.3 is 9.47 Å². The Balaban J connectivity index is 2.21. The Bertz CT molecular complexity index is 562. The van der Waals surface area contributed by atoms with E-state index >= 15 is 0 Å². The fraction of sp³-hybridized carbons (Fsp3) is 0.429. The minimum absolute atomic E-state index is 0.223. The number of imide groups is 1. The number of rotatable bonds is 2. The molecule has 3 atom stereocenters. The Morgan fingerprint density at radius 3 is 2.65 bits per heavy atom. The van der Waals surface area contributed by atoms with Gasteiger partial charge in [-0.3, -0.25) is 15.4 Å². The van der Waals surface area contributed by atoms with Gasteiger partial charge in [0.25, 0.3) is 5.91 Å². The Labute approximate surface area is 116 Å². The first-order valence-electron chi connectivity index (χ1n) is 6.46. The normalized spacial score (nSPS) is 36.2. The van der Waals surface area contributed by atoms with Crippen molar-refractivity contribution in [3.8, 4) is 0 Å². The highest BCUT2D eigenvalue weighted by atomic mass is 16.7. The van der Waals surface area contributed by atoms with Crippen LogP contribution in [0.1, 0.15) is 18.9 Å². The Kier molecular flexibility index (Phi) is 2.81. The number of nitrogens with one attached hydrogen (secondary N) is 2. The Morgan fingerprint density at radius 2 is 2.00 bits per heavy atom. The second kappa shape index (κ2) is 4.29. The van der Waals surface area contributed by atoms with Crippen LogP contribution < -0.4 is 10.6 Å². The Hall–Kier alpha value is -1.92. The quantitative estimate of drug-likeness (QED) is 0.840. The number of amides is 3. The monoisotopic (exact) mass is 276 g/mol. The third-order valence-corrected chi connectivity index (χ3v) is 3.97. The van der Waals surface area contributed by atoms with Gasteiger partial charge in [-0.1, -0.05) is 30.3 Å². The molecule has 2 aliphatic heterocycles.